The van der Waals surface area contributed by atoms with Crippen molar-refractivity contribution in [2.45, 2.75) is 6.42 Å². The molecule has 0 unspecified atom stereocenters. The number of ether oxygens (including phenoxy) is 2. The first-order chi connectivity index (χ1) is 14.7. The van der Waals surface area contributed by atoms with Gasteiger partial charge >= 0.3 is 0 Å². The summed E-state index contributed by atoms with van der Waals surface area (Å²) in [5, 5.41) is 1.28. The highest BCUT2D eigenvalue weighted by molar-refractivity contribution is 7.22. The number of thiazole rings is 1. The second kappa shape index (κ2) is 10.2. The average molecular weight is 446 g/mol. The average Bonchev–Trinajstić information content (AvgIpc) is 3.21. The molecule has 1 fully saturated rings. The van der Waals surface area contributed by atoms with Gasteiger partial charge < -0.3 is 9.47 Å². The Morgan fingerprint density at radius 2 is 1.97 bits per heavy atom. The third-order valence-corrected chi connectivity index (χ3v) is 6.31. The molecule has 30 heavy (non-hydrogen) atoms. The predicted molar refractivity (Wildman–Crippen MR) is 121 cm³/mol. The second-order valence-corrected chi connectivity index (χ2v) is 8.41. The minimum Gasteiger partial charge on any atom is -0.493 e. The number of hydrogen-bond donors (Lipinski definition) is 0. The van der Waals surface area contributed by atoms with Gasteiger partial charge in [0.2, 0.25) is 5.91 Å². The molecule has 0 radical (unpaired) electrons. The van der Waals surface area contributed by atoms with Crippen LogP contribution in [-0.2, 0) is 9.53 Å². The number of amides is 1. The van der Waals surface area contributed by atoms with E-state index in [1.807, 2.05) is 48.5 Å². The van der Waals surface area contributed by atoms with Crippen molar-refractivity contribution in [2.24, 2.45) is 0 Å². The molecule has 0 aliphatic carbocycles. The molecule has 8 heteroatoms. The predicted octanol–water partition coefficient (Wildman–Crippen LogP) is 4.08. The molecule has 3 aromatic rings. The molecule has 2 heterocycles. The van der Waals surface area contributed by atoms with E-state index in [4.69, 9.17) is 21.1 Å². The molecule has 1 amide bonds. The molecule has 2 aromatic carbocycles. The lowest BCUT2D eigenvalue weighted by molar-refractivity contribution is -0.119. The molecule has 1 aliphatic heterocycles. The molecule has 6 nitrogen and oxygen atoms in total. The molecule has 4 rings (SSSR count). The van der Waals surface area contributed by atoms with E-state index in [9.17, 15) is 4.79 Å². The highest BCUT2D eigenvalue weighted by Gasteiger charge is 2.22. The first-order valence-corrected chi connectivity index (χ1v) is 11.2. The monoisotopic (exact) mass is 445 g/mol. The van der Waals surface area contributed by atoms with E-state index < -0.39 is 0 Å². The van der Waals surface area contributed by atoms with Crippen LogP contribution in [0.5, 0.6) is 5.75 Å². The summed E-state index contributed by atoms with van der Waals surface area (Å²) in [6, 6.07) is 15.2. The van der Waals surface area contributed by atoms with E-state index >= 15 is 0 Å². The van der Waals surface area contributed by atoms with Gasteiger partial charge in [0.25, 0.3) is 0 Å². The third kappa shape index (κ3) is 5.29. The normalized spacial score (nSPS) is 14.7. The zero-order chi connectivity index (χ0) is 20.8. The lowest BCUT2D eigenvalue weighted by atomic mass is 10.3. The highest BCUT2D eigenvalue weighted by atomic mass is 35.5. The lowest BCUT2D eigenvalue weighted by Crippen LogP contribution is -2.43. The van der Waals surface area contributed by atoms with Gasteiger partial charge in [-0.15, -0.1) is 0 Å². The van der Waals surface area contributed by atoms with Crippen LogP contribution in [0.3, 0.4) is 0 Å². The molecule has 0 bridgehead atoms. The molecule has 1 aliphatic rings. The number of para-hydroxylation sites is 2. The van der Waals surface area contributed by atoms with Gasteiger partial charge in [0.15, 0.2) is 5.13 Å². The Kier molecular flexibility index (Phi) is 7.17. The molecule has 0 spiro atoms. The van der Waals surface area contributed by atoms with Crippen LogP contribution in [0.15, 0.2) is 48.5 Å². The van der Waals surface area contributed by atoms with Gasteiger partial charge in [0, 0.05) is 26.2 Å². The van der Waals surface area contributed by atoms with Crippen molar-refractivity contribution in [3.05, 3.63) is 53.6 Å². The smallest absolute Gasteiger partial charge is 0.232 e. The fraction of sp³-hybridized carbons (Fsp3) is 0.364. The molecule has 0 atom stereocenters. The number of nitrogens with zero attached hydrogens (tertiary/aromatic N) is 3. The van der Waals surface area contributed by atoms with Crippen LogP contribution in [0.1, 0.15) is 6.42 Å². The molecule has 1 saturated heterocycles. The van der Waals surface area contributed by atoms with Crippen LogP contribution in [0.4, 0.5) is 5.13 Å². The number of hydrogen-bond acceptors (Lipinski definition) is 6. The van der Waals surface area contributed by atoms with Gasteiger partial charge in [0.05, 0.1) is 36.0 Å². The van der Waals surface area contributed by atoms with E-state index in [1.165, 1.54) is 11.3 Å². The van der Waals surface area contributed by atoms with Crippen LogP contribution < -0.4 is 9.64 Å². The van der Waals surface area contributed by atoms with Crippen LogP contribution in [0, 0.1) is 0 Å². The molecule has 0 saturated carbocycles. The van der Waals surface area contributed by atoms with E-state index in [0.29, 0.717) is 23.3 Å². The molecular weight excluding hydrogens is 422 g/mol. The summed E-state index contributed by atoms with van der Waals surface area (Å²) in [6.07, 6.45) is 0.279. The Hall–Kier alpha value is -2.19. The standard InChI is InChI=1S/C22H24ClN3O3S/c23-18-7-4-8-19-21(18)24-22(30-19)26(11-10-25-12-15-28-16-13-25)20(27)9-14-29-17-5-2-1-3-6-17/h1-8H,9-16H2. The number of morpholine rings is 1. The van der Waals surface area contributed by atoms with Crippen LogP contribution in [0.25, 0.3) is 10.2 Å². The SMILES string of the molecule is O=C(CCOc1ccccc1)N(CCN1CCOCC1)c1nc2c(Cl)cccc2s1. The number of rotatable bonds is 8. The van der Waals surface area contributed by atoms with E-state index in [-0.39, 0.29) is 12.3 Å². The summed E-state index contributed by atoms with van der Waals surface area (Å²) < 4.78 is 12.1. The largest absolute Gasteiger partial charge is 0.493 e. The van der Waals surface area contributed by atoms with E-state index in [0.717, 1.165) is 48.8 Å². The minimum atomic E-state index is -0.00521. The van der Waals surface area contributed by atoms with Gasteiger partial charge in [-0.25, -0.2) is 4.98 Å². The number of anilines is 1. The Morgan fingerprint density at radius 3 is 2.73 bits per heavy atom. The van der Waals surface area contributed by atoms with Crippen molar-refractivity contribution in [2.75, 3.05) is 50.9 Å². The fourth-order valence-corrected chi connectivity index (χ4v) is 4.63. The van der Waals surface area contributed by atoms with Crippen LogP contribution in [-0.4, -0.2) is 61.8 Å². The quantitative estimate of drug-likeness (QED) is 0.522. The third-order valence-electron chi connectivity index (χ3n) is 4.96. The maximum atomic E-state index is 13.1. The zero-order valence-electron chi connectivity index (χ0n) is 16.6. The van der Waals surface area contributed by atoms with Crippen LogP contribution >= 0.6 is 22.9 Å². The topological polar surface area (TPSA) is 54.9 Å². The lowest BCUT2D eigenvalue weighted by Gasteiger charge is -2.29. The minimum absolute atomic E-state index is 0.00521. The number of carbonyl (C=O) groups excluding carboxylic acids is 1. The summed E-state index contributed by atoms with van der Waals surface area (Å²) in [6.45, 7) is 4.89. The molecule has 0 N–H and O–H groups in total. The Morgan fingerprint density at radius 1 is 1.17 bits per heavy atom. The first-order valence-electron chi connectivity index (χ1n) is 10.0. The first kappa shape index (κ1) is 21.1. The van der Waals surface area contributed by atoms with Crippen molar-refractivity contribution in [1.29, 1.82) is 0 Å². The van der Waals surface area contributed by atoms with Gasteiger partial charge in [0.1, 0.15) is 11.3 Å². The van der Waals surface area contributed by atoms with Crippen molar-refractivity contribution in [1.82, 2.24) is 9.88 Å². The van der Waals surface area contributed by atoms with Crippen molar-refractivity contribution in [3.63, 3.8) is 0 Å². The number of benzene rings is 2. The number of aromatic nitrogens is 1. The van der Waals surface area contributed by atoms with Gasteiger partial charge in [-0.05, 0) is 24.3 Å². The summed E-state index contributed by atoms with van der Waals surface area (Å²) in [7, 11) is 0. The number of fused-ring (bicyclic) bond motifs is 1. The molecule has 158 valence electrons. The summed E-state index contributed by atoms with van der Waals surface area (Å²) in [4.78, 5) is 21.9. The van der Waals surface area contributed by atoms with Crippen molar-refractivity contribution in [3.8, 4) is 5.75 Å². The second-order valence-electron chi connectivity index (χ2n) is 6.99. The van der Waals surface area contributed by atoms with Crippen LogP contribution in [0.2, 0.25) is 5.02 Å². The van der Waals surface area contributed by atoms with Gasteiger partial charge in [-0.3, -0.25) is 14.6 Å². The van der Waals surface area contributed by atoms with Gasteiger partial charge in [-0.1, -0.05) is 47.2 Å². The molecular formula is C22H24ClN3O3S. The number of halogens is 1. The van der Waals surface area contributed by atoms with Gasteiger partial charge in [-0.2, -0.15) is 0 Å². The zero-order valence-corrected chi connectivity index (χ0v) is 18.2. The maximum absolute atomic E-state index is 13.1. The fourth-order valence-electron chi connectivity index (χ4n) is 3.32. The highest BCUT2D eigenvalue weighted by Crippen LogP contribution is 2.33. The summed E-state index contributed by atoms with van der Waals surface area (Å²) in [5.74, 6) is 0.756. The Bertz CT molecular complexity index is 976. The Labute approximate surface area is 185 Å². The van der Waals surface area contributed by atoms with E-state index in [1.54, 1.807) is 4.90 Å². The number of carbonyl (C=O) groups is 1. The van der Waals surface area contributed by atoms with E-state index in [2.05, 4.69) is 9.88 Å². The molecule has 1 aromatic heterocycles. The van der Waals surface area contributed by atoms with Crippen molar-refractivity contribution >= 4 is 44.2 Å². The summed E-state index contributed by atoms with van der Waals surface area (Å²) in [5.41, 5.74) is 0.740. The summed E-state index contributed by atoms with van der Waals surface area (Å²) >= 11 is 7.79. The maximum Gasteiger partial charge on any atom is 0.232 e. The van der Waals surface area contributed by atoms with Crippen molar-refractivity contribution < 1.29 is 14.3 Å². The Balaban J connectivity index is 1.46.